The van der Waals surface area contributed by atoms with E-state index in [1.54, 1.807) is 0 Å². The van der Waals surface area contributed by atoms with Gasteiger partial charge in [-0.05, 0) is 37.6 Å². The molecule has 3 aromatic rings. The molecule has 1 fully saturated rings. The zero-order chi connectivity index (χ0) is 19.3. The fourth-order valence-electron chi connectivity index (χ4n) is 3.63. The minimum atomic E-state index is 0.759. The molecule has 5 heteroatoms. The lowest BCUT2D eigenvalue weighted by atomic mass is 10.0. The summed E-state index contributed by atoms with van der Waals surface area (Å²) in [5.41, 5.74) is 4.51. The summed E-state index contributed by atoms with van der Waals surface area (Å²) in [6.07, 6.45) is 1.92. The maximum atomic E-state index is 6.07. The van der Waals surface area contributed by atoms with Crippen LogP contribution >= 0.6 is 11.6 Å². The van der Waals surface area contributed by atoms with Crippen molar-refractivity contribution in [3.63, 3.8) is 0 Å². The van der Waals surface area contributed by atoms with Crippen LogP contribution in [0.1, 0.15) is 23.2 Å². The summed E-state index contributed by atoms with van der Waals surface area (Å²) >= 11 is 6.07. The van der Waals surface area contributed by atoms with Crippen molar-refractivity contribution < 1.29 is 0 Å². The fraction of sp³-hybridized carbons (Fsp3) is 0.304. The summed E-state index contributed by atoms with van der Waals surface area (Å²) in [4.78, 5) is 12.3. The number of nitrogens with zero attached hydrogens (tertiary/aromatic N) is 3. The SMILES string of the molecule is Cc1nc(-c2ccccc2)nc(N2CCCNCC2)c1Cc1ccc(Cl)cc1. The smallest absolute Gasteiger partial charge is 0.161 e. The maximum Gasteiger partial charge on any atom is 0.161 e. The van der Waals surface area contributed by atoms with E-state index >= 15 is 0 Å². The molecule has 1 aromatic heterocycles. The molecular weight excluding hydrogens is 368 g/mol. The Morgan fingerprint density at radius 1 is 0.964 bits per heavy atom. The van der Waals surface area contributed by atoms with Gasteiger partial charge in [-0.15, -0.1) is 0 Å². The maximum absolute atomic E-state index is 6.07. The lowest BCUT2D eigenvalue weighted by Crippen LogP contribution is -2.30. The van der Waals surface area contributed by atoms with Crippen LogP contribution in [0.5, 0.6) is 0 Å². The number of rotatable bonds is 4. The Morgan fingerprint density at radius 2 is 1.75 bits per heavy atom. The molecule has 4 rings (SSSR count). The van der Waals surface area contributed by atoms with Crippen molar-refractivity contribution in [2.75, 3.05) is 31.1 Å². The highest BCUT2D eigenvalue weighted by Gasteiger charge is 2.19. The Labute approximate surface area is 171 Å². The predicted molar refractivity (Wildman–Crippen MR) is 116 cm³/mol. The van der Waals surface area contributed by atoms with E-state index in [0.717, 1.165) is 66.9 Å². The van der Waals surface area contributed by atoms with Crippen molar-refractivity contribution in [1.82, 2.24) is 15.3 Å². The number of hydrogen-bond acceptors (Lipinski definition) is 4. The number of halogens is 1. The van der Waals surface area contributed by atoms with E-state index in [1.807, 2.05) is 30.3 Å². The molecule has 0 unspecified atom stereocenters. The van der Waals surface area contributed by atoms with Crippen molar-refractivity contribution in [3.05, 3.63) is 76.4 Å². The van der Waals surface area contributed by atoms with E-state index in [1.165, 1.54) is 11.1 Å². The van der Waals surface area contributed by atoms with Crippen LogP contribution in [0, 0.1) is 6.92 Å². The van der Waals surface area contributed by atoms with E-state index in [0.29, 0.717) is 0 Å². The Morgan fingerprint density at radius 3 is 2.54 bits per heavy atom. The van der Waals surface area contributed by atoms with Gasteiger partial charge in [-0.1, -0.05) is 54.1 Å². The van der Waals surface area contributed by atoms with E-state index < -0.39 is 0 Å². The Balaban J connectivity index is 1.77. The molecule has 1 aliphatic heterocycles. The second-order valence-electron chi connectivity index (χ2n) is 7.19. The van der Waals surface area contributed by atoms with Crippen LogP contribution < -0.4 is 10.2 Å². The van der Waals surface area contributed by atoms with Gasteiger partial charge in [-0.2, -0.15) is 0 Å². The van der Waals surface area contributed by atoms with Crippen LogP contribution in [0.25, 0.3) is 11.4 Å². The highest BCUT2D eigenvalue weighted by molar-refractivity contribution is 6.30. The van der Waals surface area contributed by atoms with Gasteiger partial charge in [0.1, 0.15) is 5.82 Å². The molecule has 0 atom stereocenters. The van der Waals surface area contributed by atoms with Crippen LogP contribution in [0.4, 0.5) is 5.82 Å². The Bertz CT molecular complexity index is 917. The normalized spacial score (nSPS) is 14.7. The number of hydrogen-bond donors (Lipinski definition) is 1. The lowest BCUT2D eigenvalue weighted by Gasteiger charge is -2.25. The van der Waals surface area contributed by atoms with Gasteiger partial charge in [0, 0.05) is 47.9 Å². The van der Waals surface area contributed by atoms with Crippen LogP contribution in [-0.2, 0) is 6.42 Å². The monoisotopic (exact) mass is 392 g/mol. The van der Waals surface area contributed by atoms with E-state index in [4.69, 9.17) is 21.6 Å². The lowest BCUT2D eigenvalue weighted by molar-refractivity contribution is 0.724. The van der Waals surface area contributed by atoms with Crippen LogP contribution in [0.15, 0.2) is 54.6 Å². The van der Waals surface area contributed by atoms with E-state index in [-0.39, 0.29) is 0 Å². The van der Waals surface area contributed by atoms with Crippen molar-refractivity contribution >= 4 is 17.4 Å². The average Bonchev–Trinajstić information content (AvgIpc) is 3.01. The molecule has 2 heterocycles. The standard InChI is InChI=1S/C23H25ClN4/c1-17-21(16-18-8-10-20(24)11-9-18)23(28-14-5-12-25-13-15-28)27-22(26-17)19-6-3-2-4-7-19/h2-4,6-11,25H,5,12-16H2,1H3. The van der Waals surface area contributed by atoms with E-state index in [2.05, 4.69) is 41.4 Å². The third-order valence-corrected chi connectivity index (χ3v) is 5.41. The second-order valence-corrected chi connectivity index (χ2v) is 7.63. The largest absolute Gasteiger partial charge is 0.355 e. The average molecular weight is 393 g/mol. The minimum absolute atomic E-state index is 0.759. The van der Waals surface area contributed by atoms with Gasteiger partial charge in [0.25, 0.3) is 0 Å². The number of nitrogens with one attached hydrogen (secondary N) is 1. The van der Waals surface area contributed by atoms with Gasteiger partial charge in [0.05, 0.1) is 0 Å². The molecule has 0 radical (unpaired) electrons. The zero-order valence-electron chi connectivity index (χ0n) is 16.2. The van der Waals surface area contributed by atoms with Gasteiger partial charge in [-0.25, -0.2) is 9.97 Å². The molecule has 0 saturated carbocycles. The van der Waals surface area contributed by atoms with Gasteiger partial charge in [0.2, 0.25) is 0 Å². The van der Waals surface area contributed by atoms with Gasteiger partial charge < -0.3 is 10.2 Å². The summed E-state index contributed by atoms with van der Waals surface area (Å²) in [6.45, 7) is 6.09. The third kappa shape index (κ3) is 4.34. The molecule has 0 bridgehead atoms. The first kappa shape index (κ1) is 18.9. The number of aromatic nitrogens is 2. The highest BCUT2D eigenvalue weighted by Crippen LogP contribution is 2.28. The number of anilines is 1. The van der Waals surface area contributed by atoms with E-state index in [9.17, 15) is 0 Å². The first-order valence-electron chi connectivity index (χ1n) is 9.84. The summed E-state index contributed by atoms with van der Waals surface area (Å²) in [5.74, 6) is 1.86. The summed E-state index contributed by atoms with van der Waals surface area (Å²) < 4.78 is 0. The van der Waals surface area contributed by atoms with Gasteiger partial charge in [0.15, 0.2) is 5.82 Å². The molecule has 1 N–H and O–H groups in total. The molecule has 0 spiro atoms. The quantitative estimate of drug-likeness (QED) is 0.709. The molecule has 28 heavy (non-hydrogen) atoms. The fourth-order valence-corrected chi connectivity index (χ4v) is 3.76. The molecule has 0 amide bonds. The van der Waals surface area contributed by atoms with Crippen LogP contribution in [-0.4, -0.2) is 36.1 Å². The van der Waals surface area contributed by atoms with Crippen molar-refractivity contribution in [2.45, 2.75) is 19.8 Å². The molecule has 144 valence electrons. The van der Waals surface area contributed by atoms with Crippen LogP contribution in [0.3, 0.4) is 0 Å². The van der Waals surface area contributed by atoms with Gasteiger partial charge >= 0.3 is 0 Å². The second kappa shape index (κ2) is 8.72. The molecule has 1 saturated heterocycles. The molecule has 2 aromatic carbocycles. The highest BCUT2D eigenvalue weighted by atomic mass is 35.5. The Hall–Kier alpha value is -2.43. The molecular formula is C23H25ClN4. The predicted octanol–water partition coefficient (Wildman–Crippen LogP) is 4.50. The molecule has 4 nitrogen and oxygen atoms in total. The summed E-state index contributed by atoms with van der Waals surface area (Å²) in [6, 6.07) is 18.3. The topological polar surface area (TPSA) is 41.1 Å². The summed E-state index contributed by atoms with van der Waals surface area (Å²) in [5, 5.41) is 4.24. The number of benzene rings is 2. The molecule has 0 aliphatic carbocycles. The zero-order valence-corrected chi connectivity index (χ0v) is 16.9. The van der Waals surface area contributed by atoms with Crippen molar-refractivity contribution in [1.29, 1.82) is 0 Å². The van der Waals surface area contributed by atoms with Crippen molar-refractivity contribution in [2.24, 2.45) is 0 Å². The van der Waals surface area contributed by atoms with Crippen molar-refractivity contribution in [3.8, 4) is 11.4 Å². The van der Waals surface area contributed by atoms with Crippen LogP contribution in [0.2, 0.25) is 5.02 Å². The minimum Gasteiger partial charge on any atom is -0.355 e. The van der Waals surface area contributed by atoms with Gasteiger partial charge in [-0.3, -0.25) is 0 Å². The molecule has 1 aliphatic rings. The first-order chi connectivity index (χ1) is 13.7. The number of aryl methyl sites for hydroxylation is 1. The third-order valence-electron chi connectivity index (χ3n) is 5.16. The summed E-state index contributed by atoms with van der Waals surface area (Å²) in [7, 11) is 0. The first-order valence-corrected chi connectivity index (χ1v) is 10.2. The Kier molecular flexibility index (Phi) is 5.89.